The number of rotatable bonds is 9. The minimum Gasteiger partial charge on any atom is -0.431 e. The molecular weight excluding hydrogens is 610 g/mol. The molecule has 1 aliphatic heterocycles. The number of halogens is 1. The summed E-state index contributed by atoms with van der Waals surface area (Å²) in [7, 11) is 1.74. The Morgan fingerprint density at radius 1 is 0.957 bits per heavy atom. The molecule has 2 unspecified atom stereocenters. The third kappa shape index (κ3) is 7.80. The molecule has 1 heterocycles. The van der Waals surface area contributed by atoms with Crippen molar-refractivity contribution in [2.24, 2.45) is 0 Å². The molecule has 11 heteroatoms. The van der Waals surface area contributed by atoms with Crippen LogP contribution in [0.5, 0.6) is 0 Å². The molecule has 0 bridgehead atoms. The number of urea groups is 1. The summed E-state index contributed by atoms with van der Waals surface area (Å²) in [5.74, 6) is -1.35. The molecule has 3 amide bonds. The van der Waals surface area contributed by atoms with E-state index in [1.54, 1.807) is 66.2 Å². The lowest BCUT2D eigenvalue weighted by molar-refractivity contribution is -0.171. The first kappa shape index (κ1) is 32.8. The molecule has 5 rings (SSSR count). The number of amides is 3. The summed E-state index contributed by atoms with van der Waals surface area (Å²) >= 11 is 6.33. The lowest BCUT2D eigenvalue weighted by Gasteiger charge is -2.35. The van der Waals surface area contributed by atoms with E-state index in [9.17, 15) is 19.2 Å². The van der Waals surface area contributed by atoms with E-state index in [-0.39, 0.29) is 29.1 Å². The number of para-hydroxylation sites is 1. The zero-order valence-corrected chi connectivity index (χ0v) is 26.9. The fraction of sp³-hybridized carbons (Fsp3) is 0.371. The Morgan fingerprint density at radius 3 is 2.39 bits per heavy atom. The molecule has 10 nitrogen and oxygen atoms in total. The predicted molar refractivity (Wildman–Crippen MR) is 174 cm³/mol. The first-order valence-corrected chi connectivity index (χ1v) is 15.8. The lowest BCUT2D eigenvalue weighted by atomic mass is 9.98. The van der Waals surface area contributed by atoms with Crippen LogP contribution in [0, 0.1) is 6.92 Å². The molecule has 1 saturated carbocycles. The maximum absolute atomic E-state index is 13.4. The highest BCUT2D eigenvalue weighted by atomic mass is 35.5. The molecule has 242 valence electrons. The molecule has 0 aromatic heterocycles. The van der Waals surface area contributed by atoms with E-state index in [1.807, 2.05) is 24.3 Å². The van der Waals surface area contributed by atoms with Crippen LogP contribution in [0.15, 0.2) is 66.7 Å². The Hall–Kier alpha value is -4.57. The first-order chi connectivity index (χ1) is 22.1. The number of hydrogen-bond donors (Lipinski definition) is 1. The molecular formula is C35H38ClN3O7. The number of nitrogens with zero attached hydrogens (tertiary/aromatic N) is 2. The van der Waals surface area contributed by atoms with Crippen molar-refractivity contribution < 1.29 is 33.4 Å². The summed E-state index contributed by atoms with van der Waals surface area (Å²) in [6.07, 6.45) is 2.30. The summed E-state index contributed by atoms with van der Waals surface area (Å²) in [4.78, 5) is 55.5. The van der Waals surface area contributed by atoms with Gasteiger partial charge in [0.1, 0.15) is 12.1 Å². The van der Waals surface area contributed by atoms with Gasteiger partial charge >= 0.3 is 18.2 Å². The second-order valence-electron chi connectivity index (χ2n) is 11.6. The molecule has 46 heavy (non-hydrogen) atoms. The quantitative estimate of drug-likeness (QED) is 0.198. The highest BCUT2D eigenvalue weighted by Gasteiger charge is 2.30. The largest absolute Gasteiger partial charge is 0.511 e. The third-order valence-corrected chi connectivity index (χ3v) is 8.60. The minimum absolute atomic E-state index is 0.0598. The Balaban J connectivity index is 1.29. The van der Waals surface area contributed by atoms with Crippen LogP contribution in [0.1, 0.15) is 66.1 Å². The molecule has 3 aromatic carbocycles. The highest BCUT2D eigenvalue weighted by Crippen LogP contribution is 2.31. The van der Waals surface area contributed by atoms with Crippen LogP contribution >= 0.6 is 11.6 Å². The number of ether oxygens (including phenoxy) is 3. The second kappa shape index (κ2) is 14.7. The van der Waals surface area contributed by atoms with Gasteiger partial charge in [0.05, 0.1) is 22.8 Å². The van der Waals surface area contributed by atoms with Gasteiger partial charge in [0.2, 0.25) is 6.29 Å². The SMILES string of the molecule is Cc1cccc(Cl)c1C(=O)NC(Cc1ccc(N2Cc3ccccc3N(C)C2=O)cc1)C(=O)OC(C)OC(=O)OC1CCCCC1. The smallest absolute Gasteiger partial charge is 0.431 e. The zero-order valence-electron chi connectivity index (χ0n) is 26.2. The Labute approximate surface area is 273 Å². The van der Waals surface area contributed by atoms with Crippen molar-refractivity contribution in [1.82, 2.24) is 5.32 Å². The number of carbonyl (C=O) groups is 4. The average molecular weight is 648 g/mol. The number of carbonyl (C=O) groups excluding carboxylic acids is 4. The van der Waals surface area contributed by atoms with Gasteiger partial charge in [-0.3, -0.25) is 14.6 Å². The van der Waals surface area contributed by atoms with E-state index in [0.29, 0.717) is 23.4 Å². The van der Waals surface area contributed by atoms with Gasteiger partial charge in [0, 0.05) is 26.1 Å². The molecule has 2 atom stereocenters. The van der Waals surface area contributed by atoms with Crippen LogP contribution in [0.2, 0.25) is 5.02 Å². The van der Waals surface area contributed by atoms with Crippen molar-refractivity contribution in [3.8, 4) is 0 Å². The summed E-state index contributed by atoms with van der Waals surface area (Å²) in [6.45, 7) is 3.58. The molecule has 0 saturated heterocycles. The van der Waals surface area contributed by atoms with Crippen LogP contribution in [0.25, 0.3) is 0 Å². The fourth-order valence-electron chi connectivity index (χ4n) is 5.84. The molecule has 1 fully saturated rings. The van der Waals surface area contributed by atoms with Gasteiger partial charge in [-0.05, 0) is 73.6 Å². The lowest BCUT2D eigenvalue weighted by Crippen LogP contribution is -2.45. The summed E-state index contributed by atoms with van der Waals surface area (Å²) in [5.41, 5.74) is 4.15. The van der Waals surface area contributed by atoms with E-state index in [4.69, 9.17) is 25.8 Å². The normalized spacial score (nSPS) is 16.2. The standard InChI is InChI=1S/C35H38ClN3O7/c1-22-10-9-14-28(36)31(22)32(40)37-29(33(41)44-23(2)45-35(43)46-27-12-5-4-6-13-27)20-24-16-18-26(19-17-24)39-21-25-11-7-8-15-30(25)38(3)34(39)42/h7-11,14-19,23,27,29H,4-6,12-13,20-21H2,1-3H3,(H,37,40). The molecule has 0 spiro atoms. The second-order valence-corrected chi connectivity index (χ2v) is 12.0. The van der Waals surface area contributed by atoms with Crippen LogP contribution in [0.4, 0.5) is 21.0 Å². The van der Waals surface area contributed by atoms with E-state index in [0.717, 1.165) is 43.4 Å². The summed E-state index contributed by atoms with van der Waals surface area (Å²) < 4.78 is 16.0. The van der Waals surface area contributed by atoms with Crippen molar-refractivity contribution in [3.63, 3.8) is 0 Å². The van der Waals surface area contributed by atoms with Crippen molar-refractivity contribution in [2.45, 2.75) is 77.4 Å². The van der Waals surface area contributed by atoms with Gasteiger partial charge in [-0.1, -0.05) is 60.5 Å². The fourth-order valence-corrected chi connectivity index (χ4v) is 6.15. The Bertz CT molecular complexity index is 1570. The van der Waals surface area contributed by atoms with Crippen molar-refractivity contribution in [2.75, 3.05) is 16.8 Å². The minimum atomic E-state index is -1.25. The molecule has 1 aliphatic carbocycles. The first-order valence-electron chi connectivity index (χ1n) is 15.5. The van der Waals surface area contributed by atoms with Crippen molar-refractivity contribution >= 4 is 47.0 Å². The number of hydrogen-bond acceptors (Lipinski definition) is 7. The monoisotopic (exact) mass is 647 g/mol. The van der Waals surface area contributed by atoms with Gasteiger partial charge in [-0.2, -0.15) is 0 Å². The Kier molecular flexibility index (Phi) is 10.5. The summed E-state index contributed by atoms with van der Waals surface area (Å²) in [5, 5.41) is 2.99. The third-order valence-electron chi connectivity index (χ3n) is 8.29. The van der Waals surface area contributed by atoms with Crippen molar-refractivity contribution in [1.29, 1.82) is 0 Å². The maximum Gasteiger partial charge on any atom is 0.511 e. The van der Waals surface area contributed by atoms with E-state index in [2.05, 4.69) is 5.32 Å². The molecule has 0 radical (unpaired) electrons. The maximum atomic E-state index is 13.4. The molecule has 1 N–H and O–H groups in total. The topological polar surface area (TPSA) is 114 Å². The van der Waals surface area contributed by atoms with Gasteiger partial charge in [0.15, 0.2) is 0 Å². The summed E-state index contributed by atoms with van der Waals surface area (Å²) in [6, 6.07) is 18.7. The van der Waals surface area contributed by atoms with Crippen LogP contribution in [-0.4, -0.2) is 49.5 Å². The van der Waals surface area contributed by atoms with Crippen molar-refractivity contribution in [3.05, 3.63) is 94.0 Å². The number of aryl methyl sites for hydroxylation is 1. The van der Waals surface area contributed by atoms with Gasteiger partial charge in [0.25, 0.3) is 5.91 Å². The van der Waals surface area contributed by atoms with Gasteiger partial charge in [-0.15, -0.1) is 0 Å². The molecule has 2 aliphatic rings. The number of benzene rings is 3. The van der Waals surface area contributed by atoms with Crippen LogP contribution in [-0.2, 0) is 32.0 Å². The van der Waals surface area contributed by atoms with E-state index >= 15 is 0 Å². The number of anilines is 2. The van der Waals surface area contributed by atoms with Gasteiger partial charge in [-0.25, -0.2) is 14.4 Å². The number of esters is 1. The van der Waals surface area contributed by atoms with E-state index in [1.165, 1.54) is 6.92 Å². The predicted octanol–water partition coefficient (Wildman–Crippen LogP) is 6.94. The average Bonchev–Trinajstić information content (AvgIpc) is 3.03. The molecule has 3 aromatic rings. The number of nitrogens with one attached hydrogen (secondary N) is 1. The van der Waals surface area contributed by atoms with Crippen LogP contribution < -0.4 is 15.1 Å². The highest BCUT2D eigenvalue weighted by molar-refractivity contribution is 6.34. The van der Waals surface area contributed by atoms with Crippen LogP contribution in [0.3, 0.4) is 0 Å². The zero-order chi connectivity index (χ0) is 32.8. The number of fused-ring (bicyclic) bond motifs is 1. The Morgan fingerprint density at radius 2 is 1.67 bits per heavy atom. The van der Waals surface area contributed by atoms with Gasteiger partial charge < -0.3 is 19.5 Å². The van der Waals surface area contributed by atoms with E-state index < -0.39 is 30.4 Å².